The van der Waals surface area contributed by atoms with Crippen LogP contribution in [0.15, 0.2) is 0 Å². The Hall–Kier alpha value is 1.57. The monoisotopic (exact) mass is 109 g/mol. The minimum Gasteiger partial charge on any atom is -1.00 e. The van der Waals surface area contributed by atoms with Crippen LogP contribution in [0.1, 0.15) is 1.43 Å². The zero-order valence-corrected chi connectivity index (χ0v) is 5.02. The Morgan fingerprint density at radius 1 is 1.50 bits per heavy atom. The van der Waals surface area contributed by atoms with E-state index in [2.05, 4.69) is 0 Å². The summed E-state index contributed by atoms with van der Waals surface area (Å²) in [6, 6.07) is 0. The number of hydrogen-bond donors (Lipinski definition) is 1. The Kier molecular flexibility index (Phi) is 104. The Balaban J connectivity index is -0.00000000167. The van der Waals surface area contributed by atoms with Crippen LogP contribution >= 0.6 is 9.47 Å². The van der Waals surface area contributed by atoms with Gasteiger partial charge in [-0.1, -0.05) is 0 Å². The number of rotatable bonds is 0. The van der Waals surface area contributed by atoms with Crippen molar-refractivity contribution in [2.45, 2.75) is 0 Å². The van der Waals surface area contributed by atoms with E-state index in [0.29, 0.717) is 0 Å². The standard InChI is InChI=1S/Li.H3OP.V.H/c;1-2;;/h;1H,2H2;;/q+1;;;-1. The molecule has 0 aliphatic rings. The summed E-state index contributed by atoms with van der Waals surface area (Å²) >= 11 is 0. The summed E-state index contributed by atoms with van der Waals surface area (Å²) < 4.78 is 0. The number of hydrogen-bond acceptors (Lipinski definition) is 1. The van der Waals surface area contributed by atoms with E-state index in [9.17, 15) is 0 Å². The first-order chi connectivity index (χ1) is 1.00. The van der Waals surface area contributed by atoms with Crippen molar-refractivity contribution in [2.75, 3.05) is 0 Å². The molecule has 1 unspecified atom stereocenters. The van der Waals surface area contributed by atoms with Crippen LogP contribution in [0.2, 0.25) is 0 Å². The SMILES string of the molecule is OP.[H-].[Li+].[V]. The first-order valence-corrected chi connectivity index (χ1v) is 0.775. The summed E-state index contributed by atoms with van der Waals surface area (Å²) in [7, 11) is 1.42. The first-order valence-electron chi connectivity index (χ1n) is 0.258. The zero-order valence-electron chi connectivity index (χ0n) is 3.47. The molecule has 0 aliphatic carbocycles. The molecule has 0 amide bonds. The smallest absolute Gasteiger partial charge is 1.00 e. The third-order valence-corrected chi connectivity index (χ3v) is 0. The van der Waals surface area contributed by atoms with Crippen molar-refractivity contribution in [2.24, 2.45) is 0 Å². The van der Waals surface area contributed by atoms with Crippen molar-refractivity contribution in [3.05, 3.63) is 0 Å². The van der Waals surface area contributed by atoms with Gasteiger partial charge in [-0.25, -0.2) is 0 Å². The Bertz CT molecular complexity index is 11.6. The van der Waals surface area contributed by atoms with Gasteiger partial charge in [-0.3, -0.25) is 0 Å². The molecule has 0 aromatic heterocycles. The predicted molar refractivity (Wildman–Crippen MR) is 13.0 cm³/mol. The van der Waals surface area contributed by atoms with E-state index < -0.39 is 0 Å². The maximum Gasteiger partial charge on any atom is 1.00 e. The molecule has 0 saturated heterocycles. The maximum atomic E-state index is 6.92. The van der Waals surface area contributed by atoms with Crippen LogP contribution in [0.4, 0.5) is 0 Å². The second-order valence-corrected chi connectivity index (χ2v) is 0. The Labute approximate surface area is 53.4 Å². The molecule has 21 valence electrons. The van der Waals surface area contributed by atoms with Crippen molar-refractivity contribution in [3.8, 4) is 0 Å². The van der Waals surface area contributed by atoms with Gasteiger partial charge < -0.3 is 6.32 Å². The van der Waals surface area contributed by atoms with Gasteiger partial charge in [-0.15, -0.1) is 0 Å². The summed E-state index contributed by atoms with van der Waals surface area (Å²) in [5, 5.41) is 0. The molecular formula is H4LiOPV. The molecule has 1 N–H and O–H groups in total. The van der Waals surface area contributed by atoms with E-state index in [0.717, 1.165) is 0 Å². The van der Waals surface area contributed by atoms with Gasteiger partial charge in [-0.05, 0) is 9.47 Å². The van der Waals surface area contributed by atoms with Gasteiger partial charge in [0.1, 0.15) is 0 Å². The van der Waals surface area contributed by atoms with Crippen molar-refractivity contribution >= 4 is 9.47 Å². The minimum atomic E-state index is 0. The van der Waals surface area contributed by atoms with E-state index in [4.69, 9.17) is 4.89 Å². The van der Waals surface area contributed by atoms with Gasteiger partial charge in [0.2, 0.25) is 0 Å². The van der Waals surface area contributed by atoms with Crippen molar-refractivity contribution in [1.29, 1.82) is 0 Å². The van der Waals surface area contributed by atoms with E-state index >= 15 is 0 Å². The fourth-order valence-corrected chi connectivity index (χ4v) is 0. The quantitative estimate of drug-likeness (QED) is 0.258. The van der Waals surface area contributed by atoms with Crippen LogP contribution in [-0.4, -0.2) is 4.89 Å². The fraction of sp³-hybridized carbons (Fsp3) is 0. The first kappa shape index (κ1) is 17.6. The van der Waals surface area contributed by atoms with Crippen LogP contribution in [-0.2, 0) is 18.6 Å². The third-order valence-electron chi connectivity index (χ3n) is 0. The normalized spacial score (nSPS) is 1.50. The van der Waals surface area contributed by atoms with Crippen LogP contribution in [0.3, 0.4) is 0 Å². The van der Waals surface area contributed by atoms with E-state index in [-0.39, 0.29) is 38.8 Å². The molecule has 0 aromatic carbocycles. The second-order valence-electron chi connectivity index (χ2n) is 0. The molecule has 0 rings (SSSR count). The van der Waals surface area contributed by atoms with Crippen LogP contribution in [0, 0.1) is 0 Å². The predicted octanol–water partition coefficient (Wildman–Crippen LogP) is -3.12. The average Bonchev–Trinajstić information content (AvgIpc) is 1.00. The molecule has 0 heterocycles. The molecule has 0 bridgehead atoms. The van der Waals surface area contributed by atoms with Crippen LogP contribution in [0.5, 0.6) is 0 Å². The van der Waals surface area contributed by atoms with Gasteiger partial charge >= 0.3 is 18.9 Å². The molecule has 0 fully saturated rings. The van der Waals surface area contributed by atoms with Gasteiger partial charge in [0.15, 0.2) is 0 Å². The maximum absolute atomic E-state index is 6.92. The molecular weight excluding hydrogens is 105 g/mol. The molecule has 0 spiro atoms. The van der Waals surface area contributed by atoms with Gasteiger partial charge in [0.05, 0.1) is 0 Å². The molecule has 1 radical (unpaired) electrons. The van der Waals surface area contributed by atoms with Gasteiger partial charge in [0, 0.05) is 18.6 Å². The average molecular weight is 109 g/mol. The summed E-state index contributed by atoms with van der Waals surface area (Å²) in [6.07, 6.45) is 0. The molecule has 1 nitrogen and oxygen atoms in total. The summed E-state index contributed by atoms with van der Waals surface area (Å²) in [5.41, 5.74) is 0. The van der Waals surface area contributed by atoms with Crippen LogP contribution in [0.25, 0.3) is 0 Å². The molecule has 0 saturated carbocycles. The summed E-state index contributed by atoms with van der Waals surface area (Å²) in [5.74, 6) is 0. The second kappa shape index (κ2) is 23.6. The van der Waals surface area contributed by atoms with Crippen molar-refractivity contribution in [3.63, 3.8) is 0 Å². The van der Waals surface area contributed by atoms with Crippen molar-refractivity contribution < 1.29 is 43.7 Å². The van der Waals surface area contributed by atoms with Gasteiger partial charge in [0.25, 0.3) is 0 Å². The van der Waals surface area contributed by atoms with Gasteiger partial charge in [-0.2, -0.15) is 0 Å². The third kappa shape index (κ3) is 9.56. The molecule has 4 heteroatoms. The topological polar surface area (TPSA) is 20.2 Å². The van der Waals surface area contributed by atoms with Crippen molar-refractivity contribution in [1.82, 2.24) is 0 Å². The molecule has 0 aliphatic heterocycles. The van der Waals surface area contributed by atoms with E-state index in [1.165, 1.54) is 9.47 Å². The Morgan fingerprint density at radius 2 is 1.50 bits per heavy atom. The summed E-state index contributed by atoms with van der Waals surface area (Å²) in [6.45, 7) is 0. The van der Waals surface area contributed by atoms with E-state index in [1.54, 1.807) is 0 Å². The van der Waals surface area contributed by atoms with Crippen LogP contribution < -0.4 is 18.9 Å². The fourth-order valence-electron chi connectivity index (χ4n) is 0. The Morgan fingerprint density at radius 3 is 1.50 bits per heavy atom. The molecule has 1 atom stereocenters. The molecule has 4 heavy (non-hydrogen) atoms. The summed E-state index contributed by atoms with van der Waals surface area (Å²) in [4.78, 5) is 6.92. The van der Waals surface area contributed by atoms with E-state index in [1.807, 2.05) is 0 Å². The minimum absolute atomic E-state index is 0. The largest absolute Gasteiger partial charge is 1.00 e. The zero-order chi connectivity index (χ0) is 2.00. The molecule has 0 aromatic rings.